The smallest absolute Gasteiger partial charge is 0.120 e. The van der Waals surface area contributed by atoms with Crippen LogP contribution in [0.1, 0.15) is 13.8 Å². The highest BCUT2D eigenvalue weighted by molar-refractivity contribution is 7.99. The molecule has 1 aromatic heterocycles. The summed E-state index contributed by atoms with van der Waals surface area (Å²) in [4.78, 5) is 4.26. The standard InChI is InChI=1S/C18H21NO2S/c1-15(2)10-12-20-16-6-8-17(9-7-16)21-13-14-22-18-5-3-4-11-19-18/h3-11H,12-14H2,1-2H3. The van der Waals surface area contributed by atoms with E-state index in [2.05, 4.69) is 24.9 Å². The van der Waals surface area contributed by atoms with E-state index in [0.29, 0.717) is 13.2 Å². The molecule has 1 heterocycles. The van der Waals surface area contributed by atoms with Gasteiger partial charge < -0.3 is 9.47 Å². The van der Waals surface area contributed by atoms with Crippen LogP contribution < -0.4 is 9.47 Å². The molecule has 2 aromatic rings. The van der Waals surface area contributed by atoms with Gasteiger partial charge in [-0.2, -0.15) is 0 Å². The Morgan fingerprint density at radius 3 is 2.41 bits per heavy atom. The molecule has 0 saturated carbocycles. The minimum Gasteiger partial charge on any atom is -0.493 e. The quantitative estimate of drug-likeness (QED) is 0.405. The fourth-order valence-electron chi connectivity index (χ4n) is 1.67. The molecule has 4 heteroatoms. The average Bonchev–Trinajstić information content (AvgIpc) is 2.54. The second-order valence-electron chi connectivity index (χ2n) is 4.93. The lowest BCUT2D eigenvalue weighted by Crippen LogP contribution is -2.00. The maximum Gasteiger partial charge on any atom is 0.120 e. The van der Waals surface area contributed by atoms with Gasteiger partial charge in [0.25, 0.3) is 0 Å². The summed E-state index contributed by atoms with van der Waals surface area (Å²) in [6.07, 6.45) is 3.86. The molecule has 0 radical (unpaired) electrons. The van der Waals surface area contributed by atoms with Crippen molar-refractivity contribution in [2.45, 2.75) is 18.9 Å². The zero-order valence-corrected chi connectivity index (χ0v) is 13.8. The summed E-state index contributed by atoms with van der Waals surface area (Å²) in [5.41, 5.74) is 1.25. The minimum absolute atomic E-state index is 0.600. The van der Waals surface area contributed by atoms with E-state index in [1.807, 2.05) is 42.5 Å². The molecule has 0 N–H and O–H groups in total. The largest absolute Gasteiger partial charge is 0.493 e. The van der Waals surface area contributed by atoms with Gasteiger partial charge in [0, 0.05) is 11.9 Å². The first-order valence-electron chi connectivity index (χ1n) is 7.27. The SMILES string of the molecule is CC(C)=CCOc1ccc(OCCSc2ccccn2)cc1. The lowest BCUT2D eigenvalue weighted by molar-refractivity contribution is 0.339. The van der Waals surface area contributed by atoms with Crippen molar-refractivity contribution in [3.8, 4) is 11.5 Å². The Balaban J connectivity index is 1.69. The Bertz CT molecular complexity index is 578. The van der Waals surface area contributed by atoms with Crippen LogP contribution in [0.15, 0.2) is 65.3 Å². The van der Waals surface area contributed by atoms with Crippen molar-refractivity contribution in [2.75, 3.05) is 19.0 Å². The molecule has 0 amide bonds. The number of hydrogen-bond acceptors (Lipinski definition) is 4. The third-order valence-electron chi connectivity index (χ3n) is 2.81. The monoisotopic (exact) mass is 315 g/mol. The number of allylic oxidation sites excluding steroid dienone is 1. The normalized spacial score (nSPS) is 10.1. The molecule has 3 nitrogen and oxygen atoms in total. The van der Waals surface area contributed by atoms with Gasteiger partial charge >= 0.3 is 0 Å². The molecule has 0 aliphatic carbocycles. The highest BCUT2D eigenvalue weighted by Crippen LogP contribution is 2.19. The van der Waals surface area contributed by atoms with E-state index in [0.717, 1.165) is 22.3 Å². The van der Waals surface area contributed by atoms with Crippen molar-refractivity contribution in [2.24, 2.45) is 0 Å². The fraction of sp³-hybridized carbons (Fsp3) is 0.278. The Morgan fingerprint density at radius 1 is 1.05 bits per heavy atom. The maximum absolute atomic E-state index is 5.71. The second-order valence-corrected chi connectivity index (χ2v) is 6.04. The predicted octanol–water partition coefficient (Wildman–Crippen LogP) is 4.60. The second kappa shape index (κ2) is 9.15. The number of hydrogen-bond donors (Lipinski definition) is 0. The molecule has 2 rings (SSSR count). The summed E-state index contributed by atoms with van der Waals surface area (Å²) in [5, 5.41) is 1.02. The first-order chi connectivity index (χ1) is 10.7. The molecule has 22 heavy (non-hydrogen) atoms. The van der Waals surface area contributed by atoms with E-state index in [4.69, 9.17) is 9.47 Å². The van der Waals surface area contributed by atoms with Gasteiger partial charge in [-0.05, 0) is 56.3 Å². The zero-order valence-electron chi connectivity index (χ0n) is 13.0. The van der Waals surface area contributed by atoms with Crippen LogP contribution in [-0.4, -0.2) is 24.0 Å². The molecular formula is C18H21NO2S. The number of thioether (sulfide) groups is 1. The molecule has 0 fully saturated rings. The molecule has 0 bridgehead atoms. The van der Waals surface area contributed by atoms with Crippen molar-refractivity contribution in [1.29, 1.82) is 0 Å². The van der Waals surface area contributed by atoms with Gasteiger partial charge in [0.2, 0.25) is 0 Å². The highest BCUT2D eigenvalue weighted by Gasteiger charge is 1.98. The first kappa shape index (κ1) is 16.4. The van der Waals surface area contributed by atoms with E-state index in [1.54, 1.807) is 18.0 Å². The van der Waals surface area contributed by atoms with Crippen molar-refractivity contribution in [3.05, 3.63) is 60.3 Å². The molecule has 0 unspecified atom stereocenters. The van der Waals surface area contributed by atoms with Gasteiger partial charge in [0.1, 0.15) is 18.1 Å². The summed E-state index contributed by atoms with van der Waals surface area (Å²) in [6.45, 7) is 5.37. The van der Waals surface area contributed by atoms with Crippen LogP contribution in [0.5, 0.6) is 11.5 Å². The molecule has 0 spiro atoms. The van der Waals surface area contributed by atoms with E-state index >= 15 is 0 Å². The van der Waals surface area contributed by atoms with Gasteiger partial charge in [-0.3, -0.25) is 0 Å². The molecule has 0 aliphatic rings. The summed E-state index contributed by atoms with van der Waals surface area (Å²) < 4.78 is 11.3. The van der Waals surface area contributed by atoms with Crippen molar-refractivity contribution < 1.29 is 9.47 Å². The summed E-state index contributed by atoms with van der Waals surface area (Å²) in [6, 6.07) is 13.6. The number of aromatic nitrogens is 1. The van der Waals surface area contributed by atoms with Gasteiger partial charge in [0.05, 0.1) is 11.6 Å². The van der Waals surface area contributed by atoms with E-state index in [9.17, 15) is 0 Å². The molecule has 0 aliphatic heterocycles. The van der Waals surface area contributed by atoms with Crippen LogP contribution in [0.3, 0.4) is 0 Å². The molecule has 0 atom stereocenters. The lowest BCUT2D eigenvalue weighted by atomic mass is 10.3. The Kier molecular flexibility index (Phi) is 6.84. The van der Waals surface area contributed by atoms with Crippen molar-refractivity contribution in [1.82, 2.24) is 4.98 Å². The van der Waals surface area contributed by atoms with Gasteiger partial charge in [-0.25, -0.2) is 4.98 Å². The Hall–Kier alpha value is -1.94. The van der Waals surface area contributed by atoms with Crippen LogP contribution in [0.4, 0.5) is 0 Å². The Morgan fingerprint density at radius 2 is 1.77 bits per heavy atom. The van der Waals surface area contributed by atoms with Crippen LogP contribution >= 0.6 is 11.8 Å². The zero-order chi connectivity index (χ0) is 15.6. The van der Waals surface area contributed by atoms with E-state index in [1.165, 1.54) is 5.57 Å². The molecule has 1 aromatic carbocycles. The van der Waals surface area contributed by atoms with E-state index < -0.39 is 0 Å². The van der Waals surface area contributed by atoms with Crippen LogP contribution in [0.25, 0.3) is 0 Å². The third-order valence-corrected chi connectivity index (χ3v) is 3.71. The topological polar surface area (TPSA) is 31.4 Å². The number of pyridine rings is 1. The number of ether oxygens (including phenoxy) is 2. The average molecular weight is 315 g/mol. The minimum atomic E-state index is 0.600. The van der Waals surface area contributed by atoms with Crippen LogP contribution in [-0.2, 0) is 0 Å². The van der Waals surface area contributed by atoms with Crippen molar-refractivity contribution >= 4 is 11.8 Å². The predicted molar refractivity (Wildman–Crippen MR) is 91.8 cm³/mol. The summed E-state index contributed by atoms with van der Waals surface area (Å²) in [7, 11) is 0. The first-order valence-corrected chi connectivity index (χ1v) is 8.25. The third kappa shape index (κ3) is 6.22. The highest BCUT2D eigenvalue weighted by atomic mass is 32.2. The number of nitrogens with zero attached hydrogens (tertiary/aromatic N) is 1. The van der Waals surface area contributed by atoms with Crippen LogP contribution in [0, 0.1) is 0 Å². The molecule has 0 saturated heterocycles. The van der Waals surface area contributed by atoms with Gasteiger partial charge in [-0.15, -0.1) is 11.8 Å². The van der Waals surface area contributed by atoms with E-state index in [-0.39, 0.29) is 0 Å². The number of rotatable bonds is 8. The van der Waals surface area contributed by atoms with Crippen LogP contribution in [0.2, 0.25) is 0 Å². The molecular weight excluding hydrogens is 294 g/mol. The summed E-state index contributed by atoms with van der Waals surface area (Å²) >= 11 is 1.69. The Labute approximate surface area is 136 Å². The number of benzene rings is 1. The molecule has 116 valence electrons. The summed E-state index contributed by atoms with van der Waals surface area (Å²) in [5.74, 6) is 2.58. The van der Waals surface area contributed by atoms with Gasteiger partial charge in [-0.1, -0.05) is 11.6 Å². The fourth-order valence-corrected chi connectivity index (χ4v) is 2.36. The lowest BCUT2D eigenvalue weighted by Gasteiger charge is -2.07. The van der Waals surface area contributed by atoms with Gasteiger partial charge in [0.15, 0.2) is 0 Å². The van der Waals surface area contributed by atoms with Crippen molar-refractivity contribution in [3.63, 3.8) is 0 Å². The maximum atomic E-state index is 5.71.